The monoisotopic (exact) mass is 359 g/mol. The van der Waals surface area contributed by atoms with Gasteiger partial charge in [-0.3, -0.25) is 9.59 Å². The van der Waals surface area contributed by atoms with Gasteiger partial charge in [-0.05, 0) is 24.3 Å². The Kier molecular flexibility index (Phi) is 6.56. The van der Waals surface area contributed by atoms with Gasteiger partial charge in [0.2, 0.25) is 0 Å². The molecule has 1 unspecified atom stereocenters. The number of nitrogens with zero attached hydrogens (tertiary/aromatic N) is 2. The molecule has 0 saturated carbocycles. The molecule has 1 fully saturated rings. The van der Waals surface area contributed by atoms with Crippen LogP contribution in [-0.2, 0) is 0 Å². The van der Waals surface area contributed by atoms with E-state index in [1.807, 2.05) is 36.4 Å². The zero-order chi connectivity index (χ0) is 16.9. The maximum Gasteiger partial charge on any atom is 0.254 e. The van der Waals surface area contributed by atoms with Crippen LogP contribution in [0.25, 0.3) is 0 Å². The van der Waals surface area contributed by atoms with Gasteiger partial charge in [-0.1, -0.05) is 36.4 Å². The normalized spacial score (nSPS) is 16.9. The third-order valence-electron chi connectivity index (χ3n) is 4.34. The lowest BCUT2D eigenvalue weighted by molar-refractivity contribution is 0.0399. The van der Waals surface area contributed by atoms with E-state index < -0.39 is 0 Å². The number of halogens is 1. The Morgan fingerprint density at radius 1 is 0.880 bits per heavy atom. The van der Waals surface area contributed by atoms with Crippen LogP contribution in [0.1, 0.15) is 20.7 Å². The lowest BCUT2D eigenvalue weighted by Gasteiger charge is -2.41. The summed E-state index contributed by atoms with van der Waals surface area (Å²) in [5, 5.41) is 0. The van der Waals surface area contributed by atoms with Gasteiger partial charge in [-0.2, -0.15) is 0 Å². The second kappa shape index (κ2) is 8.65. The number of benzene rings is 2. The summed E-state index contributed by atoms with van der Waals surface area (Å²) < 4.78 is 0. The number of amides is 2. The zero-order valence-electron chi connectivity index (χ0n) is 13.9. The van der Waals surface area contributed by atoms with Crippen LogP contribution in [0.4, 0.5) is 0 Å². The number of hydrogen-bond donors (Lipinski definition) is 1. The number of hydrogen-bond acceptors (Lipinski definition) is 3. The van der Waals surface area contributed by atoms with Crippen molar-refractivity contribution in [3.63, 3.8) is 0 Å². The molecule has 6 heteroatoms. The van der Waals surface area contributed by atoms with Crippen LogP contribution in [0, 0.1) is 0 Å². The molecule has 0 bridgehead atoms. The zero-order valence-corrected chi connectivity index (χ0v) is 14.7. The largest absolute Gasteiger partial charge is 0.335 e. The Bertz CT molecular complexity index is 709. The van der Waals surface area contributed by atoms with E-state index in [2.05, 4.69) is 0 Å². The third kappa shape index (κ3) is 4.18. The average molecular weight is 360 g/mol. The topological polar surface area (TPSA) is 66.6 Å². The summed E-state index contributed by atoms with van der Waals surface area (Å²) in [4.78, 5) is 28.8. The Morgan fingerprint density at radius 3 is 1.92 bits per heavy atom. The van der Waals surface area contributed by atoms with Crippen LogP contribution >= 0.6 is 12.4 Å². The molecule has 0 aliphatic carbocycles. The van der Waals surface area contributed by atoms with Crippen molar-refractivity contribution in [2.24, 2.45) is 5.73 Å². The first-order valence-corrected chi connectivity index (χ1v) is 8.11. The van der Waals surface area contributed by atoms with E-state index in [1.165, 1.54) is 0 Å². The van der Waals surface area contributed by atoms with Crippen LogP contribution in [0.3, 0.4) is 0 Å². The fourth-order valence-corrected chi connectivity index (χ4v) is 3.02. The van der Waals surface area contributed by atoms with Gasteiger partial charge < -0.3 is 15.5 Å². The summed E-state index contributed by atoms with van der Waals surface area (Å²) in [6.07, 6.45) is 0. The molecule has 1 aliphatic heterocycles. The van der Waals surface area contributed by atoms with Crippen molar-refractivity contribution in [2.45, 2.75) is 6.04 Å². The minimum Gasteiger partial charge on any atom is -0.335 e. The summed E-state index contributed by atoms with van der Waals surface area (Å²) in [6, 6.07) is 18.2. The Balaban J connectivity index is 0.00000225. The van der Waals surface area contributed by atoms with Gasteiger partial charge in [0.25, 0.3) is 11.8 Å². The maximum absolute atomic E-state index is 12.7. The molecule has 1 aliphatic rings. The molecule has 132 valence electrons. The highest BCUT2D eigenvalue weighted by Gasteiger charge is 2.32. The molecule has 0 aromatic heterocycles. The first-order chi connectivity index (χ1) is 11.7. The van der Waals surface area contributed by atoms with E-state index in [-0.39, 0.29) is 30.3 Å². The molecule has 2 aromatic rings. The van der Waals surface area contributed by atoms with Crippen LogP contribution in [0.2, 0.25) is 0 Å². The summed E-state index contributed by atoms with van der Waals surface area (Å²) in [6.45, 7) is 1.80. The van der Waals surface area contributed by atoms with Crippen LogP contribution < -0.4 is 5.73 Å². The van der Waals surface area contributed by atoms with E-state index in [9.17, 15) is 9.59 Å². The van der Waals surface area contributed by atoms with E-state index in [1.54, 1.807) is 34.1 Å². The van der Waals surface area contributed by atoms with Gasteiger partial charge >= 0.3 is 0 Å². The van der Waals surface area contributed by atoms with Crippen molar-refractivity contribution in [3.05, 3.63) is 71.8 Å². The summed E-state index contributed by atoms with van der Waals surface area (Å²) in [5.74, 6) is -0.0429. The molecule has 25 heavy (non-hydrogen) atoms. The SMILES string of the molecule is Cl.NCC1CN(C(=O)c2ccccc2)CCN1C(=O)c1ccccc1. The Labute approximate surface area is 153 Å². The van der Waals surface area contributed by atoms with E-state index in [0.717, 1.165) is 0 Å². The molecule has 0 radical (unpaired) electrons. The van der Waals surface area contributed by atoms with Gasteiger partial charge in [0, 0.05) is 37.3 Å². The molecule has 2 amide bonds. The molecule has 2 aromatic carbocycles. The predicted molar refractivity (Wildman–Crippen MR) is 99.9 cm³/mol. The van der Waals surface area contributed by atoms with Gasteiger partial charge in [0.1, 0.15) is 0 Å². The number of nitrogens with two attached hydrogens (primary N) is 1. The highest BCUT2D eigenvalue weighted by Crippen LogP contribution is 2.16. The van der Waals surface area contributed by atoms with Crippen molar-refractivity contribution < 1.29 is 9.59 Å². The van der Waals surface area contributed by atoms with Crippen molar-refractivity contribution in [2.75, 3.05) is 26.2 Å². The molecule has 5 nitrogen and oxygen atoms in total. The Hall–Kier alpha value is -2.37. The van der Waals surface area contributed by atoms with Gasteiger partial charge in [-0.15, -0.1) is 12.4 Å². The number of rotatable bonds is 3. The molecule has 2 N–H and O–H groups in total. The van der Waals surface area contributed by atoms with Gasteiger partial charge in [-0.25, -0.2) is 0 Å². The third-order valence-corrected chi connectivity index (χ3v) is 4.34. The summed E-state index contributed by atoms with van der Waals surface area (Å²) in [5.41, 5.74) is 7.19. The van der Waals surface area contributed by atoms with Crippen molar-refractivity contribution in [3.8, 4) is 0 Å². The Morgan fingerprint density at radius 2 is 1.40 bits per heavy atom. The number of piperazine rings is 1. The number of carbonyl (C=O) groups excluding carboxylic acids is 2. The highest BCUT2D eigenvalue weighted by atomic mass is 35.5. The fourth-order valence-electron chi connectivity index (χ4n) is 3.02. The highest BCUT2D eigenvalue weighted by molar-refractivity contribution is 5.96. The maximum atomic E-state index is 12.7. The second-order valence-electron chi connectivity index (χ2n) is 5.87. The van der Waals surface area contributed by atoms with E-state index in [4.69, 9.17) is 5.73 Å². The molecular formula is C19H22ClN3O2. The molecule has 0 spiro atoms. The lowest BCUT2D eigenvalue weighted by Crippen LogP contribution is -2.58. The quantitative estimate of drug-likeness (QED) is 0.911. The predicted octanol–water partition coefficient (Wildman–Crippen LogP) is 2.03. The lowest BCUT2D eigenvalue weighted by atomic mass is 10.1. The average Bonchev–Trinajstić information content (AvgIpc) is 2.67. The van der Waals surface area contributed by atoms with Crippen LogP contribution in [0.5, 0.6) is 0 Å². The summed E-state index contributed by atoms with van der Waals surface area (Å²) in [7, 11) is 0. The van der Waals surface area contributed by atoms with Crippen molar-refractivity contribution >= 4 is 24.2 Å². The van der Waals surface area contributed by atoms with Gasteiger partial charge in [0.15, 0.2) is 0 Å². The second-order valence-corrected chi connectivity index (χ2v) is 5.87. The first kappa shape index (κ1) is 19.0. The van der Waals surface area contributed by atoms with E-state index >= 15 is 0 Å². The minimum absolute atomic E-state index is 0. The number of carbonyl (C=O) groups is 2. The fraction of sp³-hybridized carbons (Fsp3) is 0.263. The van der Waals surface area contributed by atoms with Crippen LogP contribution in [0.15, 0.2) is 60.7 Å². The van der Waals surface area contributed by atoms with Crippen molar-refractivity contribution in [1.29, 1.82) is 0 Å². The smallest absolute Gasteiger partial charge is 0.254 e. The molecule has 1 heterocycles. The van der Waals surface area contributed by atoms with Crippen molar-refractivity contribution in [1.82, 2.24) is 9.80 Å². The van der Waals surface area contributed by atoms with Gasteiger partial charge in [0.05, 0.1) is 6.04 Å². The van der Waals surface area contributed by atoms with E-state index in [0.29, 0.717) is 37.3 Å². The standard InChI is InChI=1S/C19H21N3O2.ClH/c20-13-17-14-21(18(23)15-7-3-1-4-8-15)11-12-22(17)19(24)16-9-5-2-6-10-16;/h1-10,17H,11-14,20H2;1H. The first-order valence-electron chi connectivity index (χ1n) is 8.11. The molecule has 1 saturated heterocycles. The molecular weight excluding hydrogens is 338 g/mol. The molecule has 1 atom stereocenters. The summed E-state index contributed by atoms with van der Waals surface area (Å²) >= 11 is 0. The molecule has 3 rings (SSSR count). The minimum atomic E-state index is -0.167. The van der Waals surface area contributed by atoms with Crippen LogP contribution in [-0.4, -0.2) is 53.8 Å².